The second-order valence-electron chi connectivity index (χ2n) is 4.39. The number of H-pyrrole nitrogens is 1. The normalized spacial score (nSPS) is 10.7. The molecular formula is C14H9N3O4. The largest absolute Gasteiger partial charge is 0.478 e. The van der Waals surface area contributed by atoms with Crippen molar-refractivity contribution in [3.8, 4) is 11.4 Å². The average molecular weight is 283 g/mol. The standard InChI is InChI=1S/C14H9N3O4/c18-14(19)10-4-2-1-3-9(10)13-15-11-6-5-8(17(20)21)7-12(11)16-13/h1-7H,(H,15,16)(H,18,19). The van der Waals surface area contributed by atoms with Crippen LogP contribution in [0.3, 0.4) is 0 Å². The Labute approximate surface area is 118 Å². The number of non-ortho nitro benzene ring substituents is 1. The Balaban J connectivity index is 2.18. The number of nitro benzene ring substituents is 1. The van der Waals surface area contributed by atoms with Gasteiger partial charge in [0.2, 0.25) is 0 Å². The van der Waals surface area contributed by atoms with Crippen molar-refractivity contribution in [2.75, 3.05) is 0 Å². The molecule has 0 fully saturated rings. The van der Waals surface area contributed by atoms with E-state index in [-0.39, 0.29) is 11.3 Å². The van der Waals surface area contributed by atoms with Crippen LogP contribution < -0.4 is 0 Å². The summed E-state index contributed by atoms with van der Waals surface area (Å²) in [5.41, 5.74) is 1.52. The van der Waals surface area contributed by atoms with Crippen LogP contribution in [0.2, 0.25) is 0 Å². The number of nitro groups is 1. The lowest BCUT2D eigenvalue weighted by molar-refractivity contribution is -0.384. The van der Waals surface area contributed by atoms with Gasteiger partial charge in [-0.15, -0.1) is 0 Å². The Bertz CT molecular complexity index is 870. The number of carboxylic acids is 1. The molecule has 0 saturated heterocycles. The van der Waals surface area contributed by atoms with Crippen LogP contribution in [0.4, 0.5) is 5.69 Å². The smallest absolute Gasteiger partial charge is 0.336 e. The minimum Gasteiger partial charge on any atom is -0.478 e. The maximum Gasteiger partial charge on any atom is 0.336 e. The fourth-order valence-electron chi connectivity index (χ4n) is 2.11. The van der Waals surface area contributed by atoms with Gasteiger partial charge in [0.25, 0.3) is 5.69 Å². The highest BCUT2D eigenvalue weighted by Gasteiger charge is 2.15. The quantitative estimate of drug-likeness (QED) is 0.567. The second kappa shape index (κ2) is 4.71. The molecule has 0 bridgehead atoms. The zero-order valence-electron chi connectivity index (χ0n) is 10.6. The highest BCUT2D eigenvalue weighted by Crippen LogP contribution is 2.26. The van der Waals surface area contributed by atoms with Crippen molar-refractivity contribution in [1.82, 2.24) is 9.97 Å². The third kappa shape index (κ3) is 2.20. The van der Waals surface area contributed by atoms with E-state index in [1.54, 1.807) is 18.2 Å². The SMILES string of the molecule is O=C(O)c1ccccc1-c1nc2ccc([N+](=O)[O-])cc2[nH]1. The molecule has 1 aromatic heterocycles. The van der Waals surface area contributed by atoms with Crippen molar-refractivity contribution in [2.45, 2.75) is 0 Å². The first-order chi connectivity index (χ1) is 10.1. The van der Waals surface area contributed by atoms with E-state index >= 15 is 0 Å². The lowest BCUT2D eigenvalue weighted by Crippen LogP contribution is -1.99. The van der Waals surface area contributed by atoms with E-state index in [9.17, 15) is 20.0 Å². The number of aromatic amines is 1. The van der Waals surface area contributed by atoms with Gasteiger partial charge in [-0.2, -0.15) is 0 Å². The highest BCUT2D eigenvalue weighted by molar-refractivity contribution is 5.96. The number of rotatable bonds is 3. The van der Waals surface area contributed by atoms with E-state index < -0.39 is 10.9 Å². The Morgan fingerprint density at radius 2 is 2.00 bits per heavy atom. The summed E-state index contributed by atoms with van der Waals surface area (Å²) >= 11 is 0. The molecule has 0 amide bonds. The van der Waals surface area contributed by atoms with Gasteiger partial charge in [0, 0.05) is 17.7 Å². The number of carboxylic acid groups (broad SMARTS) is 1. The molecule has 3 rings (SSSR count). The van der Waals surface area contributed by atoms with Gasteiger partial charge in [0.05, 0.1) is 21.5 Å². The summed E-state index contributed by atoms with van der Waals surface area (Å²) in [5, 5.41) is 19.9. The van der Waals surface area contributed by atoms with Gasteiger partial charge >= 0.3 is 5.97 Å². The number of nitrogens with one attached hydrogen (secondary N) is 1. The molecule has 0 saturated carbocycles. The summed E-state index contributed by atoms with van der Waals surface area (Å²) in [5.74, 6) is -0.694. The van der Waals surface area contributed by atoms with Crippen molar-refractivity contribution >= 4 is 22.7 Å². The Morgan fingerprint density at radius 1 is 1.24 bits per heavy atom. The molecule has 2 aromatic carbocycles. The van der Waals surface area contributed by atoms with Gasteiger partial charge < -0.3 is 10.1 Å². The molecule has 0 radical (unpaired) electrons. The van der Waals surface area contributed by atoms with E-state index in [0.29, 0.717) is 22.4 Å². The summed E-state index contributed by atoms with van der Waals surface area (Å²) in [6, 6.07) is 10.7. The number of benzene rings is 2. The first-order valence-corrected chi connectivity index (χ1v) is 6.03. The van der Waals surface area contributed by atoms with Crippen molar-refractivity contribution in [2.24, 2.45) is 0 Å². The number of imidazole rings is 1. The van der Waals surface area contributed by atoms with Gasteiger partial charge in [0.15, 0.2) is 0 Å². The van der Waals surface area contributed by atoms with Crippen molar-refractivity contribution < 1.29 is 14.8 Å². The number of carbonyl (C=O) groups is 1. The maximum absolute atomic E-state index is 11.2. The van der Waals surface area contributed by atoms with Crippen molar-refractivity contribution in [3.63, 3.8) is 0 Å². The molecule has 21 heavy (non-hydrogen) atoms. The van der Waals surface area contributed by atoms with E-state index in [0.717, 1.165) is 0 Å². The van der Waals surface area contributed by atoms with Gasteiger partial charge in [-0.1, -0.05) is 18.2 Å². The number of hydrogen-bond acceptors (Lipinski definition) is 4. The van der Waals surface area contributed by atoms with Crippen LogP contribution in [-0.2, 0) is 0 Å². The van der Waals surface area contributed by atoms with Crippen LogP contribution in [-0.4, -0.2) is 26.0 Å². The van der Waals surface area contributed by atoms with Gasteiger partial charge in [-0.3, -0.25) is 10.1 Å². The molecule has 0 atom stereocenters. The van der Waals surface area contributed by atoms with E-state index in [4.69, 9.17) is 0 Å². The minimum atomic E-state index is -1.06. The molecular weight excluding hydrogens is 274 g/mol. The van der Waals surface area contributed by atoms with Crippen LogP contribution >= 0.6 is 0 Å². The molecule has 0 aliphatic heterocycles. The van der Waals surface area contributed by atoms with Crippen molar-refractivity contribution in [3.05, 3.63) is 58.1 Å². The Hall–Kier alpha value is -3.22. The molecule has 104 valence electrons. The summed E-state index contributed by atoms with van der Waals surface area (Å²) in [4.78, 5) is 28.7. The number of aromatic nitrogens is 2. The van der Waals surface area contributed by atoms with Crippen LogP contribution in [0.5, 0.6) is 0 Å². The molecule has 1 heterocycles. The molecule has 2 N–H and O–H groups in total. The Morgan fingerprint density at radius 3 is 2.71 bits per heavy atom. The summed E-state index contributed by atoms with van der Waals surface area (Å²) < 4.78 is 0. The monoisotopic (exact) mass is 283 g/mol. The molecule has 7 nitrogen and oxygen atoms in total. The predicted octanol–water partition coefficient (Wildman–Crippen LogP) is 2.84. The van der Waals surface area contributed by atoms with Crippen LogP contribution in [0.1, 0.15) is 10.4 Å². The highest BCUT2D eigenvalue weighted by atomic mass is 16.6. The van der Waals surface area contributed by atoms with E-state index in [1.807, 2.05) is 0 Å². The summed E-state index contributed by atoms with van der Waals surface area (Å²) in [7, 11) is 0. The summed E-state index contributed by atoms with van der Waals surface area (Å²) in [6.45, 7) is 0. The molecule has 0 aliphatic rings. The van der Waals surface area contributed by atoms with Crippen LogP contribution in [0, 0.1) is 10.1 Å². The van der Waals surface area contributed by atoms with Gasteiger partial charge in [-0.05, 0) is 12.1 Å². The molecule has 0 spiro atoms. The van der Waals surface area contributed by atoms with E-state index in [2.05, 4.69) is 9.97 Å². The first-order valence-electron chi connectivity index (χ1n) is 6.03. The Kier molecular flexibility index (Phi) is 2.87. The third-order valence-electron chi connectivity index (χ3n) is 3.09. The van der Waals surface area contributed by atoms with Gasteiger partial charge in [-0.25, -0.2) is 9.78 Å². The van der Waals surface area contributed by atoms with E-state index in [1.165, 1.54) is 24.3 Å². The number of hydrogen-bond donors (Lipinski definition) is 2. The van der Waals surface area contributed by atoms with Gasteiger partial charge in [0.1, 0.15) is 5.82 Å². The van der Waals surface area contributed by atoms with Crippen LogP contribution in [0.25, 0.3) is 22.4 Å². The molecule has 3 aromatic rings. The topological polar surface area (TPSA) is 109 Å². The maximum atomic E-state index is 11.2. The summed E-state index contributed by atoms with van der Waals surface area (Å²) in [6.07, 6.45) is 0. The zero-order valence-corrected chi connectivity index (χ0v) is 10.6. The fourth-order valence-corrected chi connectivity index (χ4v) is 2.11. The molecule has 7 heteroatoms. The van der Waals surface area contributed by atoms with Crippen molar-refractivity contribution in [1.29, 1.82) is 0 Å². The van der Waals surface area contributed by atoms with Crippen LogP contribution in [0.15, 0.2) is 42.5 Å². The molecule has 0 aliphatic carbocycles. The second-order valence-corrected chi connectivity index (χ2v) is 4.39. The zero-order chi connectivity index (χ0) is 15.0. The number of aromatic carboxylic acids is 1. The average Bonchev–Trinajstić information content (AvgIpc) is 2.89. The number of fused-ring (bicyclic) bond motifs is 1. The third-order valence-corrected chi connectivity index (χ3v) is 3.09. The minimum absolute atomic E-state index is 0.0516. The fraction of sp³-hybridized carbons (Fsp3) is 0. The predicted molar refractivity (Wildman–Crippen MR) is 75.1 cm³/mol. The lowest BCUT2D eigenvalue weighted by Gasteiger charge is -2.01. The molecule has 0 unspecified atom stereocenters. The number of nitrogens with zero attached hydrogens (tertiary/aromatic N) is 2. The lowest BCUT2D eigenvalue weighted by atomic mass is 10.1. The first kappa shape index (κ1) is 12.8.